The molecule has 468 valence electrons. The molecule has 2 aromatic rings. The number of Topliss-reactive ketones (excluding diaryl/α,β-unsaturated/α-hetero) is 3. The summed E-state index contributed by atoms with van der Waals surface area (Å²) in [6.07, 6.45) is 8.09. The third-order valence-electron chi connectivity index (χ3n) is 18.6. The number of ketones is 3. The molecule has 1 aromatic heterocycles. The summed E-state index contributed by atoms with van der Waals surface area (Å²) in [6, 6.07) is 13.8. The van der Waals surface area contributed by atoms with E-state index in [1.807, 2.05) is 100 Å². The largest absolute Gasteiger partial charge is 0.460 e. The number of aromatic nitrogens is 1. The van der Waals surface area contributed by atoms with Crippen LogP contribution in [0.2, 0.25) is 0 Å². The number of methoxy groups -OCH3 is 3. The quantitative estimate of drug-likeness (QED) is 0.122. The van der Waals surface area contributed by atoms with Crippen LogP contribution in [0.1, 0.15) is 145 Å². The molecule has 8 rings (SSSR count). The number of fused-ring (bicyclic) bond motifs is 16. The topological polar surface area (TPSA) is 227 Å². The number of carbonyl (C=O) groups is 6. The Morgan fingerprint density at radius 2 is 1.58 bits per heavy atom. The average Bonchev–Trinajstić information content (AvgIpc) is 1.98. The van der Waals surface area contributed by atoms with Crippen LogP contribution in [0, 0.1) is 40.9 Å². The summed E-state index contributed by atoms with van der Waals surface area (Å²) in [5.41, 5.74) is 1.82. The fourth-order valence-corrected chi connectivity index (χ4v) is 13.2. The Balaban J connectivity index is 1.17. The van der Waals surface area contributed by atoms with E-state index in [1.165, 1.54) is 12.0 Å². The standard InChI is InChI=1S/C67H95N3O15/c1-40-32-44(5)59(72)61(81-12)60(73)45(6)33-41(2)54(71)38-57(42(3)34-47-25-29-55(58(36-47)80-11)83-65(77)66(8,9)39-48-20-16-18-30-68-48)82-64(76)53-23-17-19-31-69(53)63(75)62(74)67(78)46(7)24-26-50(84-67)37-56(79-10)43(4)35-51-27-28-52(40)70(85-51)49-21-14-13-15-22-49/h13-16,18,20-22,27-28,30,33,35,40,42,44-47,50-53,55-58,60-61,73,78H,17,19,23-26,29,31-32,34,36-39H2,1-12H3/t40-,42+,44+,45?,46+,47-,50-,51?,52?,53?,55+,56-,57-,58+,60+,61-,67+/m0/s1. The van der Waals surface area contributed by atoms with Crippen molar-refractivity contribution < 1.29 is 72.2 Å². The van der Waals surface area contributed by atoms with Crippen LogP contribution in [0.3, 0.4) is 0 Å². The van der Waals surface area contributed by atoms with Crippen LogP contribution in [0.25, 0.3) is 0 Å². The Morgan fingerprint density at radius 1 is 0.847 bits per heavy atom. The Bertz CT molecular complexity index is 2700. The number of esters is 2. The molecule has 6 heterocycles. The lowest BCUT2D eigenvalue weighted by Crippen LogP contribution is -2.61. The maximum absolute atomic E-state index is 14.8. The van der Waals surface area contributed by atoms with E-state index < -0.39 is 107 Å². The number of carbonyl (C=O) groups excluding carboxylic acids is 6. The first-order valence-corrected chi connectivity index (χ1v) is 30.9. The van der Waals surface area contributed by atoms with E-state index in [1.54, 1.807) is 47.3 Å². The van der Waals surface area contributed by atoms with Crippen molar-refractivity contribution in [1.82, 2.24) is 9.88 Å². The Morgan fingerprint density at radius 3 is 2.26 bits per heavy atom. The van der Waals surface area contributed by atoms with Crippen LogP contribution >= 0.6 is 0 Å². The highest BCUT2D eigenvalue weighted by Gasteiger charge is 2.53. The van der Waals surface area contributed by atoms with Gasteiger partial charge in [-0.15, -0.1) is 0 Å². The van der Waals surface area contributed by atoms with Gasteiger partial charge in [0, 0.05) is 76.8 Å². The van der Waals surface area contributed by atoms with Crippen LogP contribution in [-0.4, -0.2) is 150 Å². The molecule has 18 heteroatoms. The summed E-state index contributed by atoms with van der Waals surface area (Å²) >= 11 is 0. The molecule has 0 radical (unpaired) electrons. The number of hydrogen-bond donors (Lipinski definition) is 2. The van der Waals surface area contributed by atoms with Crippen molar-refractivity contribution in [3.05, 3.63) is 95.9 Å². The number of rotatable bonds is 11. The first-order chi connectivity index (χ1) is 40.4. The van der Waals surface area contributed by atoms with Gasteiger partial charge in [0.05, 0.1) is 41.6 Å². The lowest BCUT2D eigenvalue weighted by atomic mass is 9.78. The van der Waals surface area contributed by atoms with Crippen molar-refractivity contribution in [2.75, 3.05) is 32.9 Å². The van der Waals surface area contributed by atoms with Crippen molar-refractivity contribution >= 4 is 40.9 Å². The minimum atomic E-state index is -2.50. The van der Waals surface area contributed by atoms with Crippen molar-refractivity contribution in [3.8, 4) is 0 Å². The van der Waals surface area contributed by atoms with E-state index in [2.05, 4.69) is 18.0 Å². The zero-order chi connectivity index (χ0) is 61.9. The number of amides is 1. The van der Waals surface area contributed by atoms with Crippen molar-refractivity contribution in [2.45, 2.75) is 212 Å². The fraction of sp³-hybridized carbons (Fsp3) is 0.657. The van der Waals surface area contributed by atoms with E-state index in [0.717, 1.165) is 17.0 Å². The molecule has 85 heavy (non-hydrogen) atoms. The zero-order valence-corrected chi connectivity index (χ0v) is 52.2. The number of aliphatic hydroxyl groups excluding tert-OH is 1. The minimum absolute atomic E-state index is 0.00919. The van der Waals surface area contributed by atoms with Gasteiger partial charge in [0.2, 0.25) is 5.79 Å². The highest BCUT2D eigenvalue weighted by Crippen LogP contribution is 2.40. The molecule has 4 unspecified atom stereocenters. The highest BCUT2D eigenvalue weighted by molar-refractivity contribution is 6.39. The minimum Gasteiger partial charge on any atom is -0.460 e. The second-order valence-electron chi connectivity index (χ2n) is 25.7. The molecule has 18 nitrogen and oxygen atoms in total. The molecule has 6 aliphatic rings. The van der Waals surface area contributed by atoms with E-state index >= 15 is 0 Å². The molecule has 1 saturated carbocycles. The molecule has 17 atom stereocenters. The monoisotopic (exact) mass is 1180 g/mol. The molecule has 2 saturated heterocycles. The lowest BCUT2D eigenvalue weighted by Gasteiger charge is -2.43. The van der Waals surface area contributed by atoms with Gasteiger partial charge in [0.25, 0.3) is 11.7 Å². The number of allylic oxidation sites excluding steroid dienone is 1. The van der Waals surface area contributed by atoms with Crippen LogP contribution in [0.15, 0.2) is 90.2 Å². The van der Waals surface area contributed by atoms with Gasteiger partial charge in [-0.3, -0.25) is 33.8 Å². The summed E-state index contributed by atoms with van der Waals surface area (Å²) in [5.74, 6) is -9.13. The van der Waals surface area contributed by atoms with Gasteiger partial charge in [-0.1, -0.05) is 77.1 Å². The third kappa shape index (κ3) is 16.6. The Labute approximate surface area is 503 Å². The predicted molar refractivity (Wildman–Crippen MR) is 319 cm³/mol. The van der Waals surface area contributed by atoms with Crippen LogP contribution < -0.4 is 5.06 Å². The SMILES string of the molecule is CO[C@H]1C[C@@H]2CC[C@@H](C)[C@@](O)(O2)C(=O)C(=O)N2CCCCC2C(=O)O[C@H]([C@H](C)C[C@@H]2CC[C@@H](OC(=O)C(C)(C)Cc3ccccn3)[C@H](OC)C2)CC(=O)C(C)=CC(C)[C@@H](O)[C@@H](OC)C(=O)[C@H](C)C[C@H](C)C2C=CC(C=C1C)ON2c1ccccc1. The smallest absolute Gasteiger partial charge is 0.329 e. The van der Waals surface area contributed by atoms with Gasteiger partial charge in [-0.05, 0) is 151 Å². The third-order valence-corrected chi connectivity index (χ3v) is 18.6. The van der Waals surface area contributed by atoms with E-state index in [-0.39, 0.29) is 66.8 Å². The number of aliphatic hydroxyl groups is 2. The molecule has 1 aliphatic carbocycles. The van der Waals surface area contributed by atoms with Crippen LogP contribution in [-0.2, 0) is 68.4 Å². The zero-order valence-electron chi connectivity index (χ0n) is 52.2. The maximum atomic E-state index is 14.8. The van der Waals surface area contributed by atoms with Gasteiger partial charge in [0.1, 0.15) is 30.5 Å². The molecule has 4 bridgehead atoms. The highest BCUT2D eigenvalue weighted by atomic mass is 16.7. The molecular weight excluding hydrogens is 1090 g/mol. The second-order valence-corrected chi connectivity index (χ2v) is 25.7. The number of anilines is 1. The summed E-state index contributed by atoms with van der Waals surface area (Å²) in [6.45, 7) is 16.4. The molecule has 2 N–H and O–H groups in total. The second kappa shape index (κ2) is 30.0. The Hall–Kier alpha value is -5.47. The number of ether oxygens (including phenoxy) is 6. The number of hydrogen-bond acceptors (Lipinski definition) is 17. The first kappa shape index (κ1) is 67.0. The predicted octanol–water partition coefficient (Wildman–Crippen LogP) is 9.03. The van der Waals surface area contributed by atoms with Crippen molar-refractivity contribution in [1.29, 1.82) is 0 Å². The molecule has 3 fully saturated rings. The fourth-order valence-electron chi connectivity index (χ4n) is 13.2. The summed E-state index contributed by atoms with van der Waals surface area (Å²) in [5, 5.41) is 26.0. The lowest BCUT2D eigenvalue weighted by molar-refractivity contribution is -0.265. The number of benzene rings is 1. The van der Waals surface area contributed by atoms with Gasteiger partial charge >= 0.3 is 11.9 Å². The van der Waals surface area contributed by atoms with E-state index in [0.29, 0.717) is 64.2 Å². The van der Waals surface area contributed by atoms with Crippen LogP contribution in [0.5, 0.6) is 0 Å². The summed E-state index contributed by atoms with van der Waals surface area (Å²) in [4.78, 5) is 98.9. The number of para-hydroxylation sites is 1. The molecule has 1 aromatic carbocycles. The number of hydroxylamine groups is 1. The van der Waals surface area contributed by atoms with Gasteiger partial charge in [-0.25, -0.2) is 9.86 Å². The molecule has 0 spiro atoms. The summed E-state index contributed by atoms with van der Waals surface area (Å²) in [7, 11) is 4.55. The summed E-state index contributed by atoms with van der Waals surface area (Å²) < 4.78 is 36.6. The van der Waals surface area contributed by atoms with Crippen molar-refractivity contribution in [3.63, 3.8) is 0 Å². The first-order valence-electron chi connectivity index (χ1n) is 30.9. The average molecular weight is 1180 g/mol. The number of nitrogens with zero attached hydrogens (tertiary/aromatic N) is 3. The molecule has 5 aliphatic heterocycles. The van der Waals surface area contributed by atoms with Gasteiger partial charge in [0.15, 0.2) is 11.6 Å². The van der Waals surface area contributed by atoms with Crippen LogP contribution in [0.4, 0.5) is 5.69 Å². The number of piperidine rings is 1. The van der Waals surface area contributed by atoms with Gasteiger partial charge in [-0.2, -0.15) is 0 Å². The normalized spacial score (nSPS) is 34.2. The van der Waals surface area contributed by atoms with E-state index in [4.69, 9.17) is 33.3 Å². The van der Waals surface area contributed by atoms with Crippen molar-refractivity contribution in [2.24, 2.45) is 40.9 Å². The van der Waals surface area contributed by atoms with E-state index in [9.17, 15) is 39.0 Å². The number of pyridine rings is 1. The Kier molecular flexibility index (Phi) is 23.6. The molecule has 1 amide bonds. The molecular formula is C67H95N3O15. The van der Waals surface area contributed by atoms with Gasteiger partial charge < -0.3 is 43.5 Å². The maximum Gasteiger partial charge on any atom is 0.329 e.